The van der Waals surface area contributed by atoms with E-state index in [4.69, 9.17) is 4.74 Å². The fourth-order valence-corrected chi connectivity index (χ4v) is 3.15. The predicted octanol–water partition coefficient (Wildman–Crippen LogP) is 2.89. The van der Waals surface area contributed by atoms with Gasteiger partial charge >= 0.3 is 0 Å². The van der Waals surface area contributed by atoms with Crippen LogP contribution >= 0.6 is 11.8 Å². The Morgan fingerprint density at radius 1 is 1.35 bits per heavy atom. The molecule has 0 unspecified atom stereocenters. The molecule has 1 amide bonds. The number of benzene rings is 1. The number of nitrogens with zero attached hydrogens (tertiary/aromatic N) is 3. The number of piperidine rings is 1. The Kier molecular flexibility index (Phi) is 5.56. The fraction of sp³-hybridized carbons (Fsp3) is 0.529. The topological polar surface area (TPSA) is 47.4 Å². The molecule has 23 heavy (non-hydrogen) atoms. The molecule has 0 saturated carbocycles. The van der Waals surface area contributed by atoms with Gasteiger partial charge in [-0.15, -0.1) is 0 Å². The third-order valence-electron chi connectivity index (χ3n) is 4.14. The van der Waals surface area contributed by atoms with Crippen molar-refractivity contribution in [3.8, 4) is 0 Å². The first-order valence-electron chi connectivity index (χ1n) is 8.06. The maximum Gasteiger partial charge on any atom is 0.222 e. The average molecular weight is 333 g/mol. The molecular formula is C17H23N3O2S. The van der Waals surface area contributed by atoms with Crippen LogP contribution in [-0.2, 0) is 22.8 Å². The summed E-state index contributed by atoms with van der Waals surface area (Å²) in [5.41, 5.74) is 3.17. The molecule has 2 heterocycles. The lowest BCUT2D eigenvalue weighted by Gasteiger charge is -2.26. The quantitative estimate of drug-likeness (QED) is 0.731. The fourth-order valence-electron chi connectivity index (χ4n) is 2.87. The van der Waals surface area contributed by atoms with Gasteiger partial charge in [0.05, 0.1) is 24.0 Å². The third kappa shape index (κ3) is 4.06. The molecule has 0 radical (unpaired) electrons. The van der Waals surface area contributed by atoms with E-state index in [0.29, 0.717) is 19.7 Å². The standard InChI is InChI=1S/C17H23N3O2S/c1-23-9-8-22-13-20-12-18-15-10-14(5-6-16(15)20)11-19-7-3-2-4-17(19)21/h5-6,10,12H,2-4,7-9,11,13H2,1H3. The molecule has 1 aromatic carbocycles. The zero-order valence-corrected chi connectivity index (χ0v) is 14.3. The summed E-state index contributed by atoms with van der Waals surface area (Å²) in [6.07, 6.45) is 6.71. The molecule has 2 aromatic rings. The van der Waals surface area contributed by atoms with E-state index in [0.717, 1.165) is 48.3 Å². The minimum Gasteiger partial charge on any atom is -0.360 e. The van der Waals surface area contributed by atoms with Gasteiger partial charge < -0.3 is 14.2 Å². The van der Waals surface area contributed by atoms with Crippen LogP contribution in [0.4, 0.5) is 0 Å². The normalized spacial score (nSPS) is 15.5. The second-order valence-corrected chi connectivity index (χ2v) is 6.83. The van der Waals surface area contributed by atoms with Gasteiger partial charge in [-0.3, -0.25) is 4.79 Å². The number of hydrogen-bond acceptors (Lipinski definition) is 4. The van der Waals surface area contributed by atoms with Crippen molar-refractivity contribution in [3.05, 3.63) is 30.1 Å². The van der Waals surface area contributed by atoms with Gasteiger partial charge in [0.25, 0.3) is 0 Å². The van der Waals surface area contributed by atoms with Crippen molar-refractivity contribution in [2.45, 2.75) is 32.5 Å². The largest absolute Gasteiger partial charge is 0.360 e. The van der Waals surface area contributed by atoms with Crippen molar-refractivity contribution < 1.29 is 9.53 Å². The summed E-state index contributed by atoms with van der Waals surface area (Å²) in [4.78, 5) is 18.3. The summed E-state index contributed by atoms with van der Waals surface area (Å²) in [6, 6.07) is 6.24. The number of carbonyl (C=O) groups is 1. The Balaban J connectivity index is 1.66. The van der Waals surface area contributed by atoms with Crippen molar-refractivity contribution >= 4 is 28.7 Å². The summed E-state index contributed by atoms with van der Waals surface area (Å²) in [6.45, 7) is 2.83. The maximum absolute atomic E-state index is 11.9. The van der Waals surface area contributed by atoms with Crippen molar-refractivity contribution in [1.29, 1.82) is 0 Å². The first kappa shape index (κ1) is 16.3. The molecule has 1 saturated heterocycles. The monoisotopic (exact) mass is 333 g/mol. The second-order valence-electron chi connectivity index (χ2n) is 5.84. The average Bonchev–Trinajstić information content (AvgIpc) is 2.96. The molecular weight excluding hydrogens is 310 g/mol. The Morgan fingerprint density at radius 2 is 2.26 bits per heavy atom. The summed E-state index contributed by atoms with van der Waals surface area (Å²) in [7, 11) is 0. The number of imidazole rings is 1. The van der Waals surface area contributed by atoms with Crippen LogP contribution in [0.1, 0.15) is 24.8 Å². The van der Waals surface area contributed by atoms with E-state index in [1.165, 1.54) is 0 Å². The molecule has 0 spiro atoms. The Hall–Kier alpha value is -1.53. The smallest absolute Gasteiger partial charge is 0.222 e. The highest BCUT2D eigenvalue weighted by Gasteiger charge is 2.18. The molecule has 3 rings (SSSR count). The van der Waals surface area contributed by atoms with E-state index in [1.54, 1.807) is 11.8 Å². The number of likely N-dealkylation sites (tertiary alicyclic amines) is 1. The van der Waals surface area contributed by atoms with Crippen molar-refractivity contribution in [2.75, 3.05) is 25.2 Å². The second kappa shape index (κ2) is 7.84. The molecule has 1 fully saturated rings. The highest BCUT2D eigenvalue weighted by molar-refractivity contribution is 7.98. The summed E-state index contributed by atoms with van der Waals surface area (Å²) < 4.78 is 7.66. The number of thioether (sulfide) groups is 1. The summed E-state index contributed by atoms with van der Waals surface area (Å²) >= 11 is 1.78. The minimum absolute atomic E-state index is 0.268. The van der Waals surface area contributed by atoms with Crippen LogP contribution in [-0.4, -0.2) is 45.5 Å². The number of rotatable bonds is 7. The number of fused-ring (bicyclic) bond motifs is 1. The van der Waals surface area contributed by atoms with Crippen LogP contribution in [0.25, 0.3) is 11.0 Å². The van der Waals surface area contributed by atoms with Crippen LogP contribution in [0, 0.1) is 0 Å². The van der Waals surface area contributed by atoms with Gasteiger partial charge in [-0.05, 0) is 36.8 Å². The van der Waals surface area contributed by atoms with Crippen LogP contribution in [0.2, 0.25) is 0 Å². The number of hydrogen-bond donors (Lipinski definition) is 0. The van der Waals surface area contributed by atoms with Gasteiger partial charge in [0.2, 0.25) is 5.91 Å². The molecule has 0 atom stereocenters. The third-order valence-corrected chi connectivity index (χ3v) is 4.72. The van der Waals surface area contributed by atoms with E-state index in [2.05, 4.69) is 29.4 Å². The zero-order chi connectivity index (χ0) is 16.1. The van der Waals surface area contributed by atoms with Crippen molar-refractivity contribution in [2.24, 2.45) is 0 Å². The van der Waals surface area contributed by atoms with Crippen LogP contribution in [0.3, 0.4) is 0 Å². The molecule has 1 aliphatic heterocycles. The maximum atomic E-state index is 11.9. The molecule has 0 bridgehead atoms. The van der Waals surface area contributed by atoms with Gasteiger partial charge in [0.1, 0.15) is 6.73 Å². The van der Waals surface area contributed by atoms with E-state index < -0.39 is 0 Å². The van der Waals surface area contributed by atoms with Crippen molar-refractivity contribution in [3.63, 3.8) is 0 Å². The molecule has 0 N–H and O–H groups in total. The van der Waals surface area contributed by atoms with Crippen LogP contribution in [0.15, 0.2) is 24.5 Å². The van der Waals surface area contributed by atoms with Crippen LogP contribution < -0.4 is 0 Å². The lowest BCUT2D eigenvalue weighted by molar-refractivity contribution is -0.133. The Labute approximate surface area is 141 Å². The van der Waals surface area contributed by atoms with Gasteiger partial charge in [-0.2, -0.15) is 11.8 Å². The summed E-state index contributed by atoms with van der Waals surface area (Å²) in [5.74, 6) is 1.27. The summed E-state index contributed by atoms with van der Waals surface area (Å²) in [5, 5.41) is 0. The van der Waals surface area contributed by atoms with Crippen molar-refractivity contribution in [1.82, 2.24) is 14.5 Å². The highest BCUT2D eigenvalue weighted by Crippen LogP contribution is 2.19. The molecule has 5 nitrogen and oxygen atoms in total. The molecule has 6 heteroatoms. The highest BCUT2D eigenvalue weighted by atomic mass is 32.2. The van der Waals surface area contributed by atoms with E-state index >= 15 is 0 Å². The van der Waals surface area contributed by atoms with Crippen LogP contribution in [0.5, 0.6) is 0 Å². The van der Waals surface area contributed by atoms with Gasteiger partial charge in [-0.1, -0.05) is 6.07 Å². The molecule has 1 aliphatic rings. The molecule has 124 valence electrons. The van der Waals surface area contributed by atoms with E-state index in [1.807, 2.05) is 15.8 Å². The SMILES string of the molecule is CSCCOCn1cnc2cc(CN3CCCCC3=O)ccc21. The molecule has 1 aromatic heterocycles. The number of carbonyl (C=O) groups excluding carboxylic acids is 1. The lowest BCUT2D eigenvalue weighted by atomic mass is 10.1. The Bertz CT molecular complexity index is 671. The first-order chi connectivity index (χ1) is 11.3. The zero-order valence-electron chi connectivity index (χ0n) is 13.5. The predicted molar refractivity (Wildman–Crippen MR) is 93.3 cm³/mol. The van der Waals surface area contributed by atoms with Gasteiger partial charge in [-0.25, -0.2) is 4.98 Å². The Morgan fingerprint density at radius 3 is 3.09 bits per heavy atom. The number of amides is 1. The number of ether oxygens (including phenoxy) is 1. The number of aromatic nitrogens is 2. The van der Waals surface area contributed by atoms with Gasteiger partial charge in [0, 0.05) is 25.3 Å². The van der Waals surface area contributed by atoms with E-state index in [-0.39, 0.29) is 5.91 Å². The first-order valence-corrected chi connectivity index (χ1v) is 9.45. The minimum atomic E-state index is 0.268. The molecule has 0 aliphatic carbocycles. The van der Waals surface area contributed by atoms with Gasteiger partial charge in [0.15, 0.2) is 0 Å². The lowest BCUT2D eigenvalue weighted by Crippen LogP contribution is -2.34. The van der Waals surface area contributed by atoms with E-state index in [9.17, 15) is 4.79 Å².